The Hall–Kier alpha value is -3.38. The maximum Gasteiger partial charge on any atom is 0.257 e. The molecule has 0 aliphatic rings. The second-order valence-electron chi connectivity index (χ2n) is 6.35. The summed E-state index contributed by atoms with van der Waals surface area (Å²) in [5.74, 6) is 0.472. The van der Waals surface area contributed by atoms with Crippen LogP contribution in [0.15, 0.2) is 78.9 Å². The van der Waals surface area contributed by atoms with Crippen LogP contribution in [0.1, 0.15) is 23.7 Å². The summed E-state index contributed by atoms with van der Waals surface area (Å²) in [7, 11) is 0. The second-order valence-corrected chi connectivity index (χ2v) is 6.76. The Morgan fingerprint density at radius 2 is 1.48 bits per heavy atom. The van der Waals surface area contributed by atoms with Gasteiger partial charge in [-0.3, -0.25) is 10.1 Å². The zero-order valence-corrected chi connectivity index (χ0v) is 17.0. The van der Waals surface area contributed by atoms with Gasteiger partial charge in [0.1, 0.15) is 5.75 Å². The standard InChI is InChI=1S/C23H23N3O2S/c1-2-16-28-21-14-8-17(9-15-21)22(27)26-23(29)25-20-12-10-19(11-13-20)24-18-6-4-3-5-7-18/h3-15,24H,2,16H2,1H3,(H2,25,26,27,29). The first-order chi connectivity index (χ1) is 14.1. The number of thiocarbonyl (C=S) groups is 1. The smallest absolute Gasteiger partial charge is 0.257 e. The zero-order valence-electron chi connectivity index (χ0n) is 16.1. The van der Waals surface area contributed by atoms with Gasteiger partial charge in [0.2, 0.25) is 0 Å². The highest BCUT2D eigenvalue weighted by Crippen LogP contribution is 2.18. The number of para-hydroxylation sites is 1. The van der Waals surface area contributed by atoms with Crippen LogP contribution in [0.25, 0.3) is 0 Å². The molecule has 0 fully saturated rings. The lowest BCUT2D eigenvalue weighted by Gasteiger charge is -2.11. The molecular weight excluding hydrogens is 382 g/mol. The zero-order chi connectivity index (χ0) is 20.5. The number of rotatable bonds is 7. The Morgan fingerprint density at radius 1 is 0.862 bits per heavy atom. The van der Waals surface area contributed by atoms with Crippen LogP contribution < -0.4 is 20.7 Å². The van der Waals surface area contributed by atoms with Crippen LogP contribution in [-0.4, -0.2) is 17.6 Å². The van der Waals surface area contributed by atoms with Crippen LogP contribution in [0.4, 0.5) is 17.1 Å². The molecule has 0 bridgehead atoms. The molecule has 0 heterocycles. The maximum atomic E-state index is 12.3. The van der Waals surface area contributed by atoms with E-state index in [9.17, 15) is 4.79 Å². The van der Waals surface area contributed by atoms with Crippen LogP contribution in [-0.2, 0) is 0 Å². The van der Waals surface area contributed by atoms with E-state index in [0.717, 1.165) is 29.2 Å². The highest BCUT2D eigenvalue weighted by Gasteiger charge is 2.08. The normalized spacial score (nSPS) is 10.1. The fraction of sp³-hybridized carbons (Fsp3) is 0.130. The number of carbonyl (C=O) groups excluding carboxylic acids is 1. The number of hydrogen-bond acceptors (Lipinski definition) is 4. The van der Waals surface area contributed by atoms with Gasteiger partial charge >= 0.3 is 0 Å². The number of ether oxygens (including phenoxy) is 1. The summed E-state index contributed by atoms with van der Waals surface area (Å²) in [6, 6.07) is 24.6. The molecular formula is C23H23N3O2S. The molecule has 5 nitrogen and oxygen atoms in total. The molecule has 0 atom stereocenters. The van der Waals surface area contributed by atoms with Crippen LogP contribution >= 0.6 is 12.2 Å². The number of nitrogens with one attached hydrogen (secondary N) is 3. The molecule has 0 spiro atoms. The summed E-state index contributed by atoms with van der Waals surface area (Å²) in [6.45, 7) is 2.70. The van der Waals surface area contributed by atoms with Crippen molar-refractivity contribution in [2.75, 3.05) is 17.2 Å². The first-order valence-electron chi connectivity index (χ1n) is 9.41. The Balaban J connectivity index is 1.51. The minimum atomic E-state index is -0.271. The van der Waals surface area contributed by atoms with E-state index < -0.39 is 0 Å². The van der Waals surface area contributed by atoms with E-state index in [1.54, 1.807) is 24.3 Å². The molecule has 0 unspecified atom stereocenters. The third-order valence-electron chi connectivity index (χ3n) is 4.02. The summed E-state index contributed by atoms with van der Waals surface area (Å²) in [4.78, 5) is 12.3. The van der Waals surface area contributed by atoms with E-state index >= 15 is 0 Å². The van der Waals surface area contributed by atoms with Crippen molar-refractivity contribution in [3.63, 3.8) is 0 Å². The molecule has 148 valence electrons. The SMILES string of the molecule is CCCOc1ccc(C(=O)NC(=S)Nc2ccc(Nc3ccccc3)cc2)cc1. The predicted octanol–water partition coefficient (Wildman–Crippen LogP) is 5.35. The summed E-state index contributed by atoms with van der Waals surface area (Å²) >= 11 is 5.25. The molecule has 0 saturated carbocycles. The Kier molecular flexibility index (Phi) is 7.19. The minimum Gasteiger partial charge on any atom is -0.494 e. The van der Waals surface area contributed by atoms with E-state index in [-0.39, 0.29) is 11.0 Å². The van der Waals surface area contributed by atoms with Crippen molar-refractivity contribution in [3.05, 3.63) is 84.4 Å². The summed E-state index contributed by atoms with van der Waals surface area (Å²) in [6.07, 6.45) is 0.936. The van der Waals surface area contributed by atoms with Crippen LogP contribution in [0.3, 0.4) is 0 Å². The van der Waals surface area contributed by atoms with Gasteiger partial charge in [0, 0.05) is 22.6 Å². The molecule has 1 amide bonds. The largest absolute Gasteiger partial charge is 0.494 e. The fourth-order valence-corrected chi connectivity index (χ4v) is 2.80. The monoisotopic (exact) mass is 405 g/mol. The third-order valence-corrected chi connectivity index (χ3v) is 4.23. The number of benzene rings is 3. The third kappa shape index (κ3) is 6.33. The molecule has 0 aliphatic carbocycles. The highest BCUT2D eigenvalue weighted by atomic mass is 32.1. The first-order valence-corrected chi connectivity index (χ1v) is 9.82. The van der Waals surface area contributed by atoms with Crippen molar-refractivity contribution >= 4 is 40.3 Å². The van der Waals surface area contributed by atoms with Crippen molar-refractivity contribution in [3.8, 4) is 5.75 Å². The van der Waals surface area contributed by atoms with Crippen molar-refractivity contribution in [2.45, 2.75) is 13.3 Å². The molecule has 3 N–H and O–H groups in total. The van der Waals surface area contributed by atoms with Gasteiger partial charge in [-0.15, -0.1) is 0 Å². The van der Waals surface area contributed by atoms with Gasteiger partial charge in [-0.25, -0.2) is 0 Å². The van der Waals surface area contributed by atoms with E-state index in [1.165, 1.54) is 0 Å². The van der Waals surface area contributed by atoms with Crippen LogP contribution in [0.2, 0.25) is 0 Å². The Bertz CT molecular complexity index is 942. The van der Waals surface area contributed by atoms with E-state index in [1.807, 2.05) is 61.5 Å². The molecule has 0 saturated heterocycles. The van der Waals surface area contributed by atoms with E-state index in [0.29, 0.717) is 12.2 Å². The number of amides is 1. The van der Waals surface area contributed by atoms with Gasteiger partial charge in [-0.05, 0) is 79.3 Å². The molecule has 3 aromatic rings. The van der Waals surface area contributed by atoms with Crippen LogP contribution in [0, 0.1) is 0 Å². The highest BCUT2D eigenvalue weighted by molar-refractivity contribution is 7.80. The van der Waals surface area contributed by atoms with Crippen molar-refractivity contribution < 1.29 is 9.53 Å². The lowest BCUT2D eigenvalue weighted by atomic mass is 10.2. The summed E-state index contributed by atoms with van der Waals surface area (Å²) in [5.41, 5.74) is 3.28. The van der Waals surface area contributed by atoms with Gasteiger partial charge in [-0.1, -0.05) is 25.1 Å². The predicted molar refractivity (Wildman–Crippen MR) is 122 cm³/mol. The maximum absolute atomic E-state index is 12.3. The molecule has 3 aromatic carbocycles. The average Bonchev–Trinajstić information content (AvgIpc) is 2.74. The van der Waals surface area contributed by atoms with Crippen molar-refractivity contribution in [1.29, 1.82) is 0 Å². The van der Waals surface area contributed by atoms with E-state index in [4.69, 9.17) is 17.0 Å². The Morgan fingerprint density at radius 3 is 2.14 bits per heavy atom. The topological polar surface area (TPSA) is 62.4 Å². The summed E-state index contributed by atoms with van der Waals surface area (Å²) < 4.78 is 5.52. The number of hydrogen-bond donors (Lipinski definition) is 3. The van der Waals surface area contributed by atoms with Gasteiger partial charge in [-0.2, -0.15) is 0 Å². The molecule has 29 heavy (non-hydrogen) atoms. The molecule has 6 heteroatoms. The van der Waals surface area contributed by atoms with Crippen molar-refractivity contribution in [2.24, 2.45) is 0 Å². The lowest BCUT2D eigenvalue weighted by Crippen LogP contribution is -2.34. The van der Waals surface area contributed by atoms with Crippen LogP contribution in [0.5, 0.6) is 5.75 Å². The lowest BCUT2D eigenvalue weighted by molar-refractivity contribution is 0.0977. The molecule has 0 radical (unpaired) electrons. The van der Waals surface area contributed by atoms with Gasteiger partial charge in [0.15, 0.2) is 5.11 Å². The number of anilines is 3. The van der Waals surface area contributed by atoms with Gasteiger partial charge < -0.3 is 15.4 Å². The molecule has 0 aliphatic heterocycles. The average molecular weight is 406 g/mol. The fourth-order valence-electron chi connectivity index (χ4n) is 2.59. The van der Waals surface area contributed by atoms with Gasteiger partial charge in [0.05, 0.1) is 6.61 Å². The van der Waals surface area contributed by atoms with E-state index in [2.05, 4.69) is 16.0 Å². The van der Waals surface area contributed by atoms with Gasteiger partial charge in [0.25, 0.3) is 5.91 Å². The quantitative estimate of drug-likeness (QED) is 0.463. The second kappa shape index (κ2) is 10.2. The summed E-state index contributed by atoms with van der Waals surface area (Å²) in [5, 5.41) is 9.26. The molecule has 3 rings (SSSR count). The Labute approximate surface area is 176 Å². The first kappa shape index (κ1) is 20.4. The number of carbonyl (C=O) groups is 1. The molecule has 0 aromatic heterocycles. The van der Waals surface area contributed by atoms with Crippen molar-refractivity contribution in [1.82, 2.24) is 5.32 Å². The minimum absolute atomic E-state index is 0.241.